The third-order valence-corrected chi connectivity index (χ3v) is 4.16. The molecule has 21 heavy (non-hydrogen) atoms. The van der Waals surface area contributed by atoms with E-state index in [-0.39, 0.29) is 11.7 Å². The highest BCUT2D eigenvalue weighted by Crippen LogP contribution is 2.37. The molecule has 2 atom stereocenters. The maximum atomic E-state index is 12.5. The van der Waals surface area contributed by atoms with Crippen molar-refractivity contribution in [3.63, 3.8) is 0 Å². The highest BCUT2D eigenvalue weighted by Gasteiger charge is 2.50. The van der Waals surface area contributed by atoms with E-state index in [9.17, 15) is 14.4 Å². The molecule has 2 N–H and O–H groups in total. The Bertz CT molecular complexity index is 642. The molecule has 0 bridgehead atoms. The highest BCUT2D eigenvalue weighted by atomic mass is 16.6. The van der Waals surface area contributed by atoms with Crippen LogP contribution in [0.25, 0.3) is 0 Å². The number of ether oxygens (including phenoxy) is 1. The fourth-order valence-corrected chi connectivity index (χ4v) is 2.95. The van der Waals surface area contributed by atoms with Gasteiger partial charge in [0.05, 0.1) is 0 Å². The molecular formula is C15H15NO5. The number of carbonyl (C=O) groups excluding carboxylic acids is 2. The predicted molar refractivity (Wildman–Crippen MR) is 71.9 cm³/mol. The summed E-state index contributed by atoms with van der Waals surface area (Å²) in [4.78, 5) is 34.9. The summed E-state index contributed by atoms with van der Waals surface area (Å²) in [5.74, 6) is -1.70. The van der Waals surface area contributed by atoms with Crippen molar-refractivity contribution in [2.45, 2.75) is 31.9 Å². The number of ketones is 1. The maximum absolute atomic E-state index is 12.5. The van der Waals surface area contributed by atoms with E-state index < -0.39 is 17.7 Å². The molecular weight excluding hydrogens is 274 g/mol. The van der Waals surface area contributed by atoms with Crippen LogP contribution in [0.2, 0.25) is 0 Å². The monoisotopic (exact) mass is 289 g/mol. The second kappa shape index (κ2) is 4.58. The molecule has 0 aromatic heterocycles. The minimum absolute atomic E-state index is 0.0412. The Morgan fingerprint density at radius 3 is 2.76 bits per heavy atom. The molecule has 0 aromatic carbocycles. The number of hydrogen-bond acceptors (Lipinski definition) is 5. The minimum atomic E-state index is -1.38. The number of Topliss-reactive ketones (excluding diaryl/α,β-unsaturated/α-hetero) is 1. The van der Waals surface area contributed by atoms with E-state index in [2.05, 4.69) is 5.32 Å². The quantitative estimate of drug-likeness (QED) is 0.738. The first-order valence-corrected chi connectivity index (χ1v) is 6.80. The van der Waals surface area contributed by atoms with Gasteiger partial charge in [-0.2, -0.15) is 0 Å². The number of nitrogens with one attached hydrogen (secondary N) is 1. The van der Waals surface area contributed by atoms with Gasteiger partial charge in [0.25, 0.3) is 5.72 Å². The van der Waals surface area contributed by atoms with E-state index in [1.165, 1.54) is 6.08 Å². The second-order valence-electron chi connectivity index (χ2n) is 5.53. The van der Waals surface area contributed by atoms with Crippen molar-refractivity contribution in [3.05, 3.63) is 35.1 Å². The molecule has 2 unspecified atom stereocenters. The summed E-state index contributed by atoms with van der Waals surface area (Å²) in [6.45, 7) is 1.60. The molecule has 0 amide bonds. The fraction of sp³-hybridized carbons (Fsp3) is 0.400. The first kappa shape index (κ1) is 13.6. The molecule has 2 aliphatic heterocycles. The average Bonchev–Trinajstić information content (AvgIpc) is 2.91. The number of carboxylic acid groups (broad SMARTS) is 1. The molecule has 0 saturated carbocycles. The Labute approximate surface area is 121 Å². The van der Waals surface area contributed by atoms with Crippen LogP contribution in [0.3, 0.4) is 0 Å². The van der Waals surface area contributed by atoms with E-state index >= 15 is 0 Å². The summed E-state index contributed by atoms with van der Waals surface area (Å²) in [5, 5.41) is 11.8. The Balaban J connectivity index is 1.77. The smallest absolute Gasteiger partial charge is 0.336 e. The Hall–Kier alpha value is -2.37. The zero-order chi connectivity index (χ0) is 15.2. The lowest BCUT2D eigenvalue weighted by Crippen LogP contribution is -2.45. The van der Waals surface area contributed by atoms with Crippen molar-refractivity contribution in [2.75, 3.05) is 0 Å². The molecule has 3 aliphatic rings. The Kier molecular flexibility index (Phi) is 2.97. The number of hydrogen-bond donors (Lipinski definition) is 2. The molecule has 0 fully saturated rings. The van der Waals surface area contributed by atoms with Crippen molar-refractivity contribution in [2.24, 2.45) is 5.92 Å². The van der Waals surface area contributed by atoms with Gasteiger partial charge in [-0.25, -0.2) is 9.59 Å². The third kappa shape index (κ3) is 2.07. The third-order valence-electron chi connectivity index (χ3n) is 4.16. The topological polar surface area (TPSA) is 92.7 Å². The Morgan fingerprint density at radius 2 is 2.24 bits per heavy atom. The highest BCUT2D eigenvalue weighted by molar-refractivity contribution is 6.10. The largest absolute Gasteiger partial charge is 0.478 e. The first-order valence-electron chi connectivity index (χ1n) is 6.80. The number of allylic oxidation sites excluding steroid dienone is 1. The van der Waals surface area contributed by atoms with Crippen LogP contribution in [0.4, 0.5) is 0 Å². The zero-order valence-corrected chi connectivity index (χ0v) is 11.5. The van der Waals surface area contributed by atoms with Gasteiger partial charge in [0.2, 0.25) is 5.78 Å². The lowest BCUT2D eigenvalue weighted by Gasteiger charge is -2.23. The molecule has 6 nitrogen and oxygen atoms in total. The van der Waals surface area contributed by atoms with Crippen LogP contribution >= 0.6 is 0 Å². The molecule has 1 aliphatic carbocycles. The summed E-state index contributed by atoms with van der Waals surface area (Å²) in [6.07, 6.45) is 6.30. The van der Waals surface area contributed by atoms with Gasteiger partial charge in [0.1, 0.15) is 0 Å². The standard InChI is InChI=1S/C15H15NO5/c1-8-6-15(21-14(8)20)12(17)11(7-16-15)9-2-4-10(5-3-9)13(18)19/h4,6-7,9,16H,2-3,5H2,1H3,(H,18,19). The van der Waals surface area contributed by atoms with E-state index in [4.69, 9.17) is 9.84 Å². The summed E-state index contributed by atoms with van der Waals surface area (Å²) >= 11 is 0. The van der Waals surface area contributed by atoms with Crippen LogP contribution in [-0.2, 0) is 19.1 Å². The summed E-state index contributed by atoms with van der Waals surface area (Å²) in [7, 11) is 0. The van der Waals surface area contributed by atoms with Crippen LogP contribution in [0, 0.1) is 5.92 Å². The van der Waals surface area contributed by atoms with Crippen LogP contribution in [0.1, 0.15) is 26.2 Å². The molecule has 110 valence electrons. The molecule has 0 radical (unpaired) electrons. The van der Waals surface area contributed by atoms with Crippen molar-refractivity contribution >= 4 is 17.7 Å². The Morgan fingerprint density at radius 1 is 1.48 bits per heavy atom. The predicted octanol–water partition coefficient (Wildman–Crippen LogP) is 1.05. The van der Waals surface area contributed by atoms with E-state index in [0.29, 0.717) is 36.0 Å². The van der Waals surface area contributed by atoms with E-state index in [0.717, 1.165) is 0 Å². The zero-order valence-electron chi connectivity index (χ0n) is 11.5. The molecule has 0 aromatic rings. The maximum Gasteiger partial charge on any atom is 0.336 e. The molecule has 0 saturated heterocycles. The van der Waals surface area contributed by atoms with Crippen molar-refractivity contribution in [3.8, 4) is 0 Å². The van der Waals surface area contributed by atoms with Gasteiger partial charge in [0, 0.05) is 22.9 Å². The lowest BCUT2D eigenvalue weighted by molar-refractivity contribution is -0.154. The van der Waals surface area contributed by atoms with Crippen LogP contribution < -0.4 is 5.32 Å². The van der Waals surface area contributed by atoms with E-state index in [1.807, 2.05) is 0 Å². The van der Waals surface area contributed by atoms with Gasteiger partial charge in [-0.05, 0) is 38.2 Å². The van der Waals surface area contributed by atoms with Gasteiger partial charge in [-0.1, -0.05) is 6.08 Å². The van der Waals surface area contributed by atoms with Crippen molar-refractivity contribution < 1.29 is 24.2 Å². The summed E-state index contributed by atoms with van der Waals surface area (Å²) in [5.41, 5.74) is -0.0209. The number of aliphatic carboxylic acids is 1. The van der Waals surface area contributed by atoms with E-state index in [1.54, 1.807) is 19.2 Å². The van der Waals surface area contributed by atoms with Gasteiger partial charge >= 0.3 is 11.9 Å². The summed E-state index contributed by atoms with van der Waals surface area (Å²) < 4.78 is 5.16. The number of rotatable bonds is 2. The van der Waals surface area contributed by atoms with Crippen molar-refractivity contribution in [1.29, 1.82) is 0 Å². The SMILES string of the molecule is CC1=CC2(NC=C(C3CC=C(C(=O)O)CC3)C2=O)OC1=O. The van der Waals surface area contributed by atoms with Gasteiger partial charge in [-0.15, -0.1) is 0 Å². The molecule has 3 rings (SSSR count). The molecule has 6 heteroatoms. The number of esters is 1. The van der Waals surface area contributed by atoms with Crippen LogP contribution in [0.5, 0.6) is 0 Å². The second-order valence-corrected chi connectivity index (χ2v) is 5.53. The van der Waals surface area contributed by atoms with Crippen molar-refractivity contribution in [1.82, 2.24) is 5.32 Å². The fourth-order valence-electron chi connectivity index (χ4n) is 2.95. The average molecular weight is 289 g/mol. The first-order chi connectivity index (χ1) is 9.93. The molecule has 1 spiro atoms. The van der Waals surface area contributed by atoms with Gasteiger partial charge < -0.3 is 15.2 Å². The summed E-state index contributed by atoms with van der Waals surface area (Å²) in [6, 6.07) is 0. The van der Waals surface area contributed by atoms with Gasteiger partial charge in [0.15, 0.2) is 0 Å². The molecule has 2 heterocycles. The number of carboxylic acids is 1. The normalized spacial score (nSPS) is 31.5. The number of carbonyl (C=O) groups is 3. The minimum Gasteiger partial charge on any atom is -0.478 e. The van der Waals surface area contributed by atoms with Crippen LogP contribution in [0.15, 0.2) is 35.1 Å². The lowest BCUT2D eigenvalue weighted by atomic mass is 9.82. The van der Waals surface area contributed by atoms with Gasteiger partial charge in [-0.3, -0.25) is 4.79 Å². The van der Waals surface area contributed by atoms with Crippen LogP contribution in [-0.4, -0.2) is 28.6 Å².